The lowest BCUT2D eigenvalue weighted by molar-refractivity contribution is 0.0697. The van der Waals surface area contributed by atoms with Gasteiger partial charge in [0.15, 0.2) is 0 Å². The van der Waals surface area contributed by atoms with Gasteiger partial charge in [0.2, 0.25) is 0 Å². The zero-order valence-corrected chi connectivity index (χ0v) is 10.6. The molecule has 0 fully saturated rings. The molecule has 98 valence electrons. The molecule has 0 aliphatic carbocycles. The van der Waals surface area contributed by atoms with E-state index in [0.29, 0.717) is 0 Å². The van der Waals surface area contributed by atoms with E-state index < -0.39 is 5.97 Å². The van der Waals surface area contributed by atoms with Gasteiger partial charge >= 0.3 is 5.97 Å². The van der Waals surface area contributed by atoms with Crippen molar-refractivity contribution in [3.05, 3.63) is 72.4 Å². The van der Waals surface area contributed by atoms with Crippen molar-refractivity contribution in [1.29, 1.82) is 0 Å². The largest absolute Gasteiger partial charge is 0.478 e. The van der Waals surface area contributed by atoms with E-state index in [1.54, 1.807) is 28.9 Å². The molecule has 2 aromatic carbocycles. The average Bonchev–Trinajstić information content (AvgIpc) is 2.98. The Morgan fingerprint density at radius 3 is 2.30 bits per heavy atom. The van der Waals surface area contributed by atoms with Crippen molar-refractivity contribution >= 4 is 5.97 Å². The topological polar surface area (TPSA) is 55.1 Å². The predicted molar refractivity (Wildman–Crippen MR) is 76.0 cm³/mol. The summed E-state index contributed by atoms with van der Waals surface area (Å²) in [7, 11) is 0. The van der Waals surface area contributed by atoms with E-state index in [4.69, 9.17) is 5.11 Å². The summed E-state index contributed by atoms with van der Waals surface area (Å²) in [5.74, 6) is -0.929. The minimum atomic E-state index is -0.929. The summed E-state index contributed by atoms with van der Waals surface area (Å²) in [6.45, 7) is 0. The molecule has 0 aliphatic rings. The van der Waals surface area contributed by atoms with E-state index in [-0.39, 0.29) is 5.56 Å². The van der Waals surface area contributed by atoms with Crippen LogP contribution in [-0.4, -0.2) is 20.9 Å². The highest BCUT2D eigenvalue weighted by Gasteiger charge is 2.05. The van der Waals surface area contributed by atoms with Crippen LogP contribution in [0.15, 0.2) is 66.9 Å². The van der Waals surface area contributed by atoms with E-state index >= 15 is 0 Å². The Bertz CT molecular complexity index is 731. The lowest BCUT2D eigenvalue weighted by atomic mass is 10.2. The van der Waals surface area contributed by atoms with E-state index in [2.05, 4.69) is 5.10 Å². The molecule has 3 aromatic rings. The van der Waals surface area contributed by atoms with Gasteiger partial charge in [0.1, 0.15) is 0 Å². The molecule has 0 atom stereocenters. The number of carbonyl (C=O) groups is 1. The molecule has 0 saturated heterocycles. The minimum absolute atomic E-state index is 0.268. The lowest BCUT2D eigenvalue weighted by Crippen LogP contribution is -1.98. The molecule has 4 nitrogen and oxygen atoms in total. The van der Waals surface area contributed by atoms with Crippen molar-refractivity contribution in [2.24, 2.45) is 0 Å². The quantitative estimate of drug-likeness (QED) is 0.790. The van der Waals surface area contributed by atoms with Crippen LogP contribution in [0.4, 0.5) is 0 Å². The van der Waals surface area contributed by atoms with Gasteiger partial charge in [-0.25, -0.2) is 9.48 Å². The van der Waals surface area contributed by atoms with Crippen LogP contribution >= 0.6 is 0 Å². The van der Waals surface area contributed by atoms with Crippen LogP contribution in [0.25, 0.3) is 16.9 Å². The third-order valence-electron chi connectivity index (χ3n) is 3.04. The Hall–Kier alpha value is -2.88. The summed E-state index contributed by atoms with van der Waals surface area (Å²) in [6.07, 6.45) is 1.86. The van der Waals surface area contributed by atoms with Crippen molar-refractivity contribution < 1.29 is 9.90 Å². The van der Waals surface area contributed by atoms with Gasteiger partial charge in [-0.05, 0) is 30.3 Å². The number of benzene rings is 2. The van der Waals surface area contributed by atoms with Crippen molar-refractivity contribution in [3.8, 4) is 16.9 Å². The monoisotopic (exact) mass is 264 g/mol. The fraction of sp³-hybridized carbons (Fsp3) is 0. The van der Waals surface area contributed by atoms with Crippen LogP contribution in [0.2, 0.25) is 0 Å². The third-order valence-corrected chi connectivity index (χ3v) is 3.04. The van der Waals surface area contributed by atoms with Gasteiger partial charge in [0.05, 0.1) is 16.9 Å². The van der Waals surface area contributed by atoms with Gasteiger partial charge < -0.3 is 5.11 Å². The van der Waals surface area contributed by atoms with Crippen molar-refractivity contribution in [3.63, 3.8) is 0 Å². The van der Waals surface area contributed by atoms with E-state index in [0.717, 1.165) is 16.9 Å². The van der Waals surface area contributed by atoms with Crippen LogP contribution in [0.1, 0.15) is 10.4 Å². The Labute approximate surface area is 115 Å². The summed E-state index contributed by atoms with van der Waals surface area (Å²) in [4.78, 5) is 10.8. The standard InChI is InChI=1S/C16H12N2O2/c19-16(20)13-6-8-14(9-7-13)18-11-10-15(17-18)12-4-2-1-3-5-12/h1-11H,(H,19,20). The first kappa shape index (κ1) is 12.2. The number of aromatic nitrogens is 2. The Kier molecular flexibility index (Phi) is 3.05. The number of aromatic carboxylic acids is 1. The summed E-state index contributed by atoms with van der Waals surface area (Å²) >= 11 is 0. The molecule has 0 bridgehead atoms. The normalized spacial score (nSPS) is 10.4. The predicted octanol–water partition coefficient (Wildman–Crippen LogP) is 3.24. The maximum Gasteiger partial charge on any atom is 0.335 e. The summed E-state index contributed by atoms with van der Waals surface area (Å²) < 4.78 is 1.73. The molecular weight excluding hydrogens is 252 g/mol. The highest BCUT2D eigenvalue weighted by molar-refractivity contribution is 5.87. The molecular formula is C16H12N2O2. The van der Waals surface area contributed by atoms with Gasteiger partial charge in [-0.3, -0.25) is 0 Å². The SMILES string of the molecule is O=C(O)c1ccc(-n2ccc(-c3ccccc3)n2)cc1. The fourth-order valence-corrected chi connectivity index (χ4v) is 1.99. The number of nitrogens with zero attached hydrogens (tertiary/aromatic N) is 2. The second-order valence-corrected chi connectivity index (χ2v) is 4.36. The van der Waals surface area contributed by atoms with Crippen LogP contribution in [-0.2, 0) is 0 Å². The van der Waals surface area contributed by atoms with Gasteiger partial charge in [-0.15, -0.1) is 0 Å². The molecule has 4 heteroatoms. The Morgan fingerprint density at radius 1 is 0.950 bits per heavy atom. The number of hydrogen-bond acceptors (Lipinski definition) is 2. The van der Waals surface area contributed by atoms with Crippen molar-refractivity contribution in [2.75, 3.05) is 0 Å². The van der Waals surface area contributed by atoms with E-state index in [9.17, 15) is 4.79 Å². The first-order valence-electron chi connectivity index (χ1n) is 6.19. The van der Waals surface area contributed by atoms with Gasteiger partial charge in [-0.2, -0.15) is 5.10 Å². The molecule has 0 spiro atoms. The van der Waals surface area contributed by atoms with E-state index in [1.807, 2.05) is 42.6 Å². The van der Waals surface area contributed by atoms with Gasteiger partial charge in [-0.1, -0.05) is 30.3 Å². The molecule has 0 unspecified atom stereocenters. The van der Waals surface area contributed by atoms with Gasteiger partial charge in [0, 0.05) is 11.8 Å². The molecule has 3 rings (SSSR count). The first-order chi connectivity index (χ1) is 9.74. The highest BCUT2D eigenvalue weighted by atomic mass is 16.4. The zero-order valence-electron chi connectivity index (χ0n) is 10.6. The highest BCUT2D eigenvalue weighted by Crippen LogP contribution is 2.18. The summed E-state index contributed by atoms with van der Waals surface area (Å²) in [5.41, 5.74) is 3.03. The molecule has 0 radical (unpaired) electrons. The van der Waals surface area contributed by atoms with Crippen LogP contribution in [0, 0.1) is 0 Å². The van der Waals surface area contributed by atoms with Crippen LogP contribution in [0.3, 0.4) is 0 Å². The third kappa shape index (κ3) is 2.31. The number of carboxylic acids is 1. The van der Waals surface area contributed by atoms with Crippen molar-refractivity contribution in [1.82, 2.24) is 9.78 Å². The van der Waals surface area contributed by atoms with Gasteiger partial charge in [0.25, 0.3) is 0 Å². The molecule has 1 heterocycles. The van der Waals surface area contributed by atoms with Crippen LogP contribution < -0.4 is 0 Å². The maximum absolute atomic E-state index is 10.8. The number of rotatable bonds is 3. The first-order valence-corrected chi connectivity index (χ1v) is 6.19. The van der Waals surface area contributed by atoms with Crippen LogP contribution in [0.5, 0.6) is 0 Å². The number of carboxylic acid groups (broad SMARTS) is 1. The lowest BCUT2D eigenvalue weighted by Gasteiger charge is -2.02. The smallest absolute Gasteiger partial charge is 0.335 e. The maximum atomic E-state index is 10.8. The Balaban J connectivity index is 1.92. The molecule has 20 heavy (non-hydrogen) atoms. The number of hydrogen-bond donors (Lipinski definition) is 1. The second-order valence-electron chi connectivity index (χ2n) is 4.36. The minimum Gasteiger partial charge on any atom is -0.478 e. The Morgan fingerprint density at radius 2 is 1.65 bits per heavy atom. The fourth-order valence-electron chi connectivity index (χ4n) is 1.99. The molecule has 0 saturated carbocycles. The molecule has 1 aromatic heterocycles. The second kappa shape index (κ2) is 5.01. The average molecular weight is 264 g/mol. The van der Waals surface area contributed by atoms with Crippen molar-refractivity contribution in [2.45, 2.75) is 0 Å². The summed E-state index contributed by atoms with van der Waals surface area (Å²) in [6, 6.07) is 18.5. The molecule has 0 aliphatic heterocycles. The molecule has 0 amide bonds. The van der Waals surface area contributed by atoms with E-state index in [1.165, 1.54) is 0 Å². The zero-order chi connectivity index (χ0) is 13.9. The molecule has 1 N–H and O–H groups in total. The summed E-state index contributed by atoms with van der Waals surface area (Å²) in [5, 5.41) is 13.4.